The van der Waals surface area contributed by atoms with E-state index in [2.05, 4.69) is 34.6 Å². The van der Waals surface area contributed by atoms with Gasteiger partial charge >= 0.3 is 0 Å². The van der Waals surface area contributed by atoms with E-state index in [9.17, 15) is 0 Å². The summed E-state index contributed by atoms with van der Waals surface area (Å²) in [6.45, 7) is 11.6. The van der Waals surface area contributed by atoms with Crippen molar-refractivity contribution in [1.29, 1.82) is 0 Å². The lowest BCUT2D eigenvalue weighted by Gasteiger charge is -2.26. The zero-order chi connectivity index (χ0) is 8.20. The third kappa shape index (κ3) is 3.92. The highest BCUT2D eigenvalue weighted by atomic mass is 14.2. The number of hydrogen-bond donors (Lipinski definition) is 0. The molecule has 0 fully saturated rings. The van der Waals surface area contributed by atoms with Crippen LogP contribution in [0.25, 0.3) is 0 Å². The average molecular weight is 142 g/mol. The van der Waals surface area contributed by atoms with Crippen LogP contribution < -0.4 is 0 Å². The topological polar surface area (TPSA) is 0 Å². The van der Waals surface area contributed by atoms with E-state index in [1.54, 1.807) is 0 Å². The molecule has 0 heterocycles. The Labute approximate surface area is 66.0 Å². The van der Waals surface area contributed by atoms with Gasteiger partial charge in [0.15, 0.2) is 0 Å². The molecule has 0 aliphatic heterocycles. The zero-order valence-corrected chi connectivity index (χ0v) is 8.20. The van der Waals surface area contributed by atoms with Gasteiger partial charge in [-0.15, -0.1) is 0 Å². The second-order valence-corrected chi connectivity index (χ2v) is 4.41. The molecule has 0 rings (SSSR count). The van der Waals surface area contributed by atoms with Crippen molar-refractivity contribution in [3.8, 4) is 0 Å². The van der Waals surface area contributed by atoms with Crippen LogP contribution in [-0.4, -0.2) is 0 Å². The summed E-state index contributed by atoms with van der Waals surface area (Å²) in [5, 5.41) is 0. The maximum atomic E-state index is 2.36. The van der Waals surface area contributed by atoms with Crippen molar-refractivity contribution >= 4 is 0 Å². The first kappa shape index (κ1) is 10.0. The standard InChI is InChI=1S/C10H22/c1-6-7-8-9(2)10(3,4)5/h9H,6-8H2,1-5H3/t9-/m0/s1. The lowest BCUT2D eigenvalue weighted by atomic mass is 9.79. The second-order valence-electron chi connectivity index (χ2n) is 4.41. The Morgan fingerprint density at radius 2 is 1.70 bits per heavy atom. The maximum absolute atomic E-state index is 2.36. The summed E-state index contributed by atoms with van der Waals surface area (Å²) in [5.41, 5.74) is 0.509. The highest BCUT2D eigenvalue weighted by molar-refractivity contribution is 4.69. The maximum Gasteiger partial charge on any atom is -0.0357 e. The van der Waals surface area contributed by atoms with Gasteiger partial charge in [-0.2, -0.15) is 0 Å². The van der Waals surface area contributed by atoms with Gasteiger partial charge in [0.25, 0.3) is 0 Å². The van der Waals surface area contributed by atoms with Crippen LogP contribution in [0.5, 0.6) is 0 Å². The first-order chi connectivity index (χ1) is 4.48. The molecule has 62 valence electrons. The van der Waals surface area contributed by atoms with Crippen molar-refractivity contribution in [1.82, 2.24) is 0 Å². The molecule has 10 heavy (non-hydrogen) atoms. The zero-order valence-electron chi connectivity index (χ0n) is 8.20. The number of rotatable bonds is 3. The third-order valence-electron chi connectivity index (χ3n) is 2.47. The quantitative estimate of drug-likeness (QED) is 0.561. The minimum Gasteiger partial charge on any atom is -0.0654 e. The van der Waals surface area contributed by atoms with Gasteiger partial charge in [0, 0.05) is 0 Å². The molecule has 0 nitrogen and oxygen atoms in total. The molecule has 0 radical (unpaired) electrons. The summed E-state index contributed by atoms with van der Waals surface area (Å²) in [6.07, 6.45) is 4.11. The smallest absolute Gasteiger partial charge is 0.0357 e. The van der Waals surface area contributed by atoms with E-state index >= 15 is 0 Å². The van der Waals surface area contributed by atoms with Crippen LogP contribution in [0.1, 0.15) is 53.9 Å². The van der Waals surface area contributed by atoms with E-state index in [0.29, 0.717) is 5.41 Å². The van der Waals surface area contributed by atoms with Crippen LogP contribution >= 0.6 is 0 Å². The summed E-state index contributed by atoms with van der Waals surface area (Å²) in [5.74, 6) is 0.868. The Morgan fingerprint density at radius 3 is 2.00 bits per heavy atom. The Balaban J connectivity index is 3.52. The molecule has 0 amide bonds. The molecule has 1 atom stereocenters. The molecule has 0 saturated carbocycles. The van der Waals surface area contributed by atoms with Crippen molar-refractivity contribution in [2.24, 2.45) is 11.3 Å². The first-order valence-electron chi connectivity index (χ1n) is 4.48. The lowest BCUT2D eigenvalue weighted by molar-refractivity contribution is 0.242. The van der Waals surface area contributed by atoms with E-state index in [1.807, 2.05) is 0 Å². The lowest BCUT2D eigenvalue weighted by Crippen LogP contribution is -2.16. The normalized spacial score (nSPS) is 15.3. The van der Waals surface area contributed by atoms with Gasteiger partial charge in [0.1, 0.15) is 0 Å². The minimum atomic E-state index is 0.509. The summed E-state index contributed by atoms with van der Waals surface area (Å²) >= 11 is 0. The highest BCUT2D eigenvalue weighted by Crippen LogP contribution is 2.29. The molecule has 0 aliphatic rings. The molecular formula is C10H22. The fourth-order valence-corrected chi connectivity index (χ4v) is 0.943. The molecule has 0 unspecified atom stereocenters. The van der Waals surface area contributed by atoms with E-state index < -0.39 is 0 Å². The van der Waals surface area contributed by atoms with Gasteiger partial charge < -0.3 is 0 Å². The average Bonchev–Trinajstić information content (AvgIpc) is 1.80. The molecule has 0 aromatic heterocycles. The van der Waals surface area contributed by atoms with Crippen LogP contribution in [0.3, 0.4) is 0 Å². The Kier molecular flexibility index (Phi) is 4.00. The molecule has 0 bridgehead atoms. The van der Waals surface area contributed by atoms with E-state index in [4.69, 9.17) is 0 Å². The first-order valence-corrected chi connectivity index (χ1v) is 4.48. The number of unbranched alkanes of at least 4 members (excludes halogenated alkanes) is 1. The van der Waals surface area contributed by atoms with Crippen LogP contribution in [0.2, 0.25) is 0 Å². The molecule has 0 heteroatoms. The van der Waals surface area contributed by atoms with Gasteiger partial charge in [-0.25, -0.2) is 0 Å². The van der Waals surface area contributed by atoms with Crippen LogP contribution in [0, 0.1) is 11.3 Å². The largest absolute Gasteiger partial charge is 0.0654 e. The fraction of sp³-hybridized carbons (Fsp3) is 1.00. The van der Waals surface area contributed by atoms with Crippen molar-refractivity contribution in [3.05, 3.63) is 0 Å². The van der Waals surface area contributed by atoms with Crippen LogP contribution in [0.15, 0.2) is 0 Å². The van der Waals surface area contributed by atoms with E-state index in [1.165, 1.54) is 19.3 Å². The van der Waals surface area contributed by atoms with Crippen molar-refractivity contribution < 1.29 is 0 Å². The summed E-state index contributed by atoms with van der Waals surface area (Å²) in [7, 11) is 0. The molecule has 0 aliphatic carbocycles. The van der Waals surface area contributed by atoms with Gasteiger partial charge in [-0.05, 0) is 11.3 Å². The van der Waals surface area contributed by atoms with Crippen LogP contribution in [0.4, 0.5) is 0 Å². The van der Waals surface area contributed by atoms with Gasteiger partial charge in [0.2, 0.25) is 0 Å². The van der Waals surface area contributed by atoms with Crippen molar-refractivity contribution in [3.63, 3.8) is 0 Å². The molecule has 0 N–H and O–H groups in total. The fourth-order valence-electron chi connectivity index (χ4n) is 0.943. The molecule has 0 spiro atoms. The van der Waals surface area contributed by atoms with Gasteiger partial charge in [0.05, 0.1) is 0 Å². The molecule has 0 saturated heterocycles. The second kappa shape index (κ2) is 4.00. The molecule has 0 aromatic carbocycles. The minimum absolute atomic E-state index is 0.509. The SMILES string of the molecule is CCCC[C@H](C)C(C)(C)C. The van der Waals surface area contributed by atoms with Crippen LogP contribution in [-0.2, 0) is 0 Å². The van der Waals surface area contributed by atoms with E-state index in [-0.39, 0.29) is 0 Å². The third-order valence-corrected chi connectivity index (χ3v) is 2.47. The van der Waals surface area contributed by atoms with Gasteiger partial charge in [-0.1, -0.05) is 53.9 Å². The number of hydrogen-bond acceptors (Lipinski definition) is 0. The molecular weight excluding hydrogens is 120 g/mol. The van der Waals surface area contributed by atoms with Crippen molar-refractivity contribution in [2.75, 3.05) is 0 Å². The Morgan fingerprint density at radius 1 is 1.20 bits per heavy atom. The summed E-state index contributed by atoms with van der Waals surface area (Å²) in [6, 6.07) is 0. The predicted octanol–water partition coefficient (Wildman–Crippen LogP) is 3.86. The summed E-state index contributed by atoms with van der Waals surface area (Å²) in [4.78, 5) is 0. The van der Waals surface area contributed by atoms with Crippen molar-refractivity contribution in [2.45, 2.75) is 53.9 Å². The molecule has 0 aromatic rings. The van der Waals surface area contributed by atoms with Gasteiger partial charge in [-0.3, -0.25) is 0 Å². The highest BCUT2D eigenvalue weighted by Gasteiger charge is 2.18. The van der Waals surface area contributed by atoms with E-state index in [0.717, 1.165) is 5.92 Å². The predicted molar refractivity (Wildman–Crippen MR) is 48.1 cm³/mol. The Bertz CT molecular complexity index is 76.5. The summed E-state index contributed by atoms with van der Waals surface area (Å²) < 4.78 is 0. The Hall–Kier alpha value is 0. The monoisotopic (exact) mass is 142 g/mol.